The van der Waals surface area contributed by atoms with Crippen molar-refractivity contribution in [3.63, 3.8) is 0 Å². The summed E-state index contributed by atoms with van der Waals surface area (Å²) in [6, 6.07) is 18.1. The number of para-hydroxylation sites is 1. The molecule has 34 heavy (non-hydrogen) atoms. The Labute approximate surface area is 196 Å². The summed E-state index contributed by atoms with van der Waals surface area (Å²) in [5, 5.41) is 3.42. The van der Waals surface area contributed by atoms with Gasteiger partial charge in [0.05, 0.1) is 30.1 Å². The van der Waals surface area contributed by atoms with E-state index < -0.39 is 18.5 Å². The molecule has 0 spiro atoms. The summed E-state index contributed by atoms with van der Waals surface area (Å²) in [4.78, 5) is 30.4. The van der Waals surface area contributed by atoms with Crippen LogP contribution in [0, 0.1) is 0 Å². The van der Waals surface area contributed by atoms with Crippen LogP contribution in [0.5, 0.6) is 5.75 Å². The van der Waals surface area contributed by atoms with Crippen LogP contribution in [0.3, 0.4) is 0 Å². The number of methoxy groups -OCH3 is 1. The number of rotatable bonds is 6. The van der Waals surface area contributed by atoms with Crippen LogP contribution in [-0.4, -0.2) is 30.6 Å². The predicted octanol–water partition coefficient (Wildman–Crippen LogP) is 5.12. The predicted molar refractivity (Wildman–Crippen MR) is 129 cm³/mol. The second-order valence-electron chi connectivity index (χ2n) is 7.87. The summed E-state index contributed by atoms with van der Waals surface area (Å²) in [5.74, 6) is 0.369. The van der Waals surface area contributed by atoms with Gasteiger partial charge in [-0.2, -0.15) is 0 Å². The van der Waals surface area contributed by atoms with E-state index in [1.807, 2.05) is 42.5 Å². The minimum atomic E-state index is -0.546. The van der Waals surface area contributed by atoms with Crippen LogP contribution < -0.4 is 10.1 Å². The fourth-order valence-corrected chi connectivity index (χ4v) is 4.16. The number of esters is 1. The molecule has 2 aromatic heterocycles. The van der Waals surface area contributed by atoms with Gasteiger partial charge in [0.2, 0.25) is 0 Å². The molecule has 0 radical (unpaired) electrons. The molecular weight excluding hydrogens is 432 g/mol. The van der Waals surface area contributed by atoms with Crippen molar-refractivity contribution in [1.29, 1.82) is 0 Å². The first-order valence-electron chi connectivity index (χ1n) is 10.9. The van der Waals surface area contributed by atoms with Gasteiger partial charge in [-0.1, -0.05) is 24.3 Å². The molecule has 0 atom stereocenters. The van der Waals surface area contributed by atoms with Gasteiger partial charge >= 0.3 is 5.97 Å². The van der Waals surface area contributed by atoms with Crippen molar-refractivity contribution < 1.29 is 23.5 Å². The standard InChI is InChI=1S/C27H22N2O5/c1-32-19-7-4-6-18(15-19)28-24(30)16-34-27(31)25-21-9-2-3-10-23(21)29-26-17(11-12-22(25)26)14-20-8-5-13-33-20/h2-10,13-15H,11-12,16H2,1H3,(H,28,30)/b17-14-. The molecule has 0 bridgehead atoms. The molecule has 2 heterocycles. The van der Waals surface area contributed by atoms with Crippen molar-refractivity contribution in [3.05, 3.63) is 89.5 Å². The molecular formula is C27H22N2O5. The lowest BCUT2D eigenvalue weighted by Crippen LogP contribution is -2.21. The van der Waals surface area contributed by atoms with Gasteiger partial charge in [0, 0.05) is 17.1 Å². The van der Waals surface area contributed by atoms with E-state index in [0.717, 1.165) is 29.0 Å². The van der Waals surface area contributed by atoms with Gasteiger partial charge in [0.25, 0.3) is 5.91 Å². The first-order chi connectivity index (χ1) is 16.6. The molecule has 4 aromatic rings. The Kier molecular flexibility index (Phi) is 5.82. The SMILES string of the molecule is COc1cccc(NC(=O)COC(=O)c2c3c(nc4ccccc24)/C(=C\c2ccco2)CC3)c1. The van der Waals surface area contributed by atoms with E-state index in [1.165, 1.54) is 0 Å². The van der Waals surface area contributed by atoms with E-state index in [4.69, 9.17) is 18.9 Å². The number of hydrogen-bond acceptors (Lipinski definition) is 6. The zero-order valence-corrected chi connectivity index (χ0v) is 18.5. The van der Waals surface area contributed by atoms with Gasteiger partial charge < -0.3 is 19.2 Å². The average Bonchev–Trinajstić information content (AvgIpc) is 3.51. The molecule has 1 N–H and O–H groups in total. The largest absolute Gasteiger partial charge is 0.497 e. The van der Waals surface area contributed by atoms with Crippen molar-refractivity contribution in [1.82, 2.24) is 4.98 Å². The first-order valence-corrected chi connectivity index (χ1v) is 10.9. The Bertz CT molecular complexity index is 1410. The third kappa shape index (κ3) is 4.28. The van der Waals surface area contributed by atoms with Crippen LogP contribution in [-0.2, 0) is 16.0 Å². The van der Waals surface area contributed by atoms with Crippen molar-refractivity contribution in [3.8, 4) is 5.75 Å². The number of furan rings is 1. The summed E-state index contributed by atoms with van der Waals surface area (Å²) >= 11 is 0. The Balaban J connectivity index is 1.40. The normalized spacial score (nSPS) is 13.6. The minimum Gasteiger partial charge on any atom is -0.497 e. The highest BCUT2D eigenvalue weighted by Crippen LogP contribution is 2.37. The molecule has 1 aliphatic rings. The second kappa shape index (κ2) is 9.23. The molecule has 2 aromatic carbocycles. The highest BCUT2D eigenvalue weighted by molar-refractivity contribution is 6.08. The van der Waals surface area contributed by atoms with Crippen LogP contribution in [0.15, 0.2) is 71.3 Å². The highest BCUT2D eigenvalue weighted by atomic mass is 16.5. The zero-order valence-electron chi connectivity index (χ0n) is 18.5. The second-order valence-corrected chi connectivity index (χ2v) is 7.87. The molecule has 0 aliphatic heterocycles. The van der Waals surface area contributed by atoms with Crippen LogP contribution in [0.2, 0.25) is 0 Å². The van der Waals surface area contributed by atoms with E-state index in [0.29, 0.717) is 34.3 Å². The lowest BCUT2D eigenvalue weighted by Gasteiger charge is -2.12. The lowest BCUT2D eigenvalue weighted by molar-refractivity contribution is -0.119. The van der Waals surface area contributed by atoms with Crippen molar-refractivity contribution in [2.45, 2.75) is 12.8 Å². The summed E-state index contributed by atoms with van der Waals surface area (Å²) in [7, 11) is 1.55. The number of nitrogens with one attached hydrogen (secondary N) is 1. The van der Waals surface area contributed by atoms with E-state index in [9.17, 15) is 9.59 Å². The van der Waals surface area contributed by atoms with E-state index in [2.05, 4.69) is 5.32 Å². The van der Waals surface area contributed by atoms with Crippen molar-refractivity contribution >= 4 is 40.1 Å². The maximum Gasteiger partial charge on any atom is 0.339 e. The quantitative estimate of drug-likeness (QED) is 0.407. The Morgan fingerprint density at radius 2 is 1.97 bits per heavy atom. The van der Waals surface area contributed by atoms with E-state index in [1.54, 1.807) is 37.6 Å². The van der Waals surface area contributed by atoms with Crippen LogP contribution in [0.4, 0.5) is 5.69 Å². The number of carbonyl (C=O) groups is 2. The fraction of sp³-hybridized carbons (Fsp3) is 0.148. The monoisotopic (exact) mass is 454 g/mol. The molecule has 1 amide bonds. The summed E-state index contributed by atoms with van der Waals surface area (Å²) < 4.78 is 16.1. The molecule has 1 aliphatic carbocycles. The number of ether oxygens (including phenoxy) is 2. The highest BCUT2D eigenvalue weighted by Gasteiger charge is 2.28. The number of anilines is 1. The smallest absolute Gasteiger partial charge is 0.339 e. The lowest BCUT2D eigenvalue weighted by atomic mass is 10.0. The van der Waals surface area contributed by atoms with Gasteiger partial charge in [0.15, 0.2) is 6.61 Å². The zero-order chi connectivity index (χ0) is 23.5. The third-order valence-corrected chi connectivity index (χ3v) is 5.69. The van der Waals surface area contributed by atoms with Crippen molar-refractivity contribution in [2.24, 2.45) is 0 Å². The maximum atomic E-state index is 13.2. The van der Waals surface area contributed by atoms with Gasteiger partial charge in [-0.15, -0.1) is 0 Å². The molecule has 5 rings (SSSR count). The number of amides is 1. The Morgan fingerprint density at radius 1 is 1.09 bits per heavy atom. The third-order valence-electron chi connectivity index (χ3n) is 5.69. The first kappa shape index (κ1) is 21.5. The van der Waals surface area contributed by atoms with Crippen LogP contribution in [0.1, 0.15) is 33.8 Å². The Hall–Kier alpha value is -4.39. The number of fused-ring (bicyclic) bond motifs is 2. The summed E-state index contributed by atoms with van der Waals surface area (Å²) in [6.45, 7) is -0.406. The van der Waals surface area contributed by atoms with Gasteiger partial charge in [-0.05, 0) is 60.4 Å². The number of nitrogens with zero attached hydrogens (tertiary/aromatic N) is 1. The maximum absolute atomic E-state index is 13.2. The molecule has 0 unspecified atom stereocenters. The van der Waals surface area contributed by atoms with Crippen LogP contribution >= 0.6 is 0 Å². The molecule has 0 fully saturated rings. The van der Waals surface area contributed by atoms with Crippen LogP contribution in [0.25, 0.3) is 22.6 Å². The molecule has 7 nitrogen and oxygen atoms in total. The van der Waals surface area contributed by atoms with Gasteiger partial charge in [-0.3, -0.25) is 4.79 Å². The van der Waals surface area contributed by atoms with Crippen molar-refractivity contribution in [2.75, 3.05) is 19.0 Å². The minimum absolute atomic E-state index is 0.406. The molecule has 7 heteroatoms. The topological polar surface area (TPSA) is 90.7 Å². The van der Waals surface area contributed by atoms with Gasteiger partial charge in [0.1, 0.15) is 11.5 Å². The number of carbonyl (C=O) groups excluding carboxylic acids is 2. The van der Waals surface area contributed by atoms with Gasteiger partial charge in [-0.25, -0.2) is 9.78 Å². The molecule has 0 saturated heterocycles. The number of pyridine rings is 1. The Morgan fingerprint density at radius 3 is 2.79 bits per heavy atom. The van der Waals surface area contributed by atoms with E-state index >= 15 is 0 Å². The number of benzene rings is 2. The average molecular weight is 454 g/mol. The van der Waals surface area contributed by atoms with E-state index in [-0.39, 0.29) is 0 Å². The fourth-order valence-electron chi connectivity index (χ4n) is 4.16. The summed E-state index contributed by atoms with van der Waals surface area (Å²) in [5.41, 5.74) is 4.31. The number of hydrogen-bond donors (Lipinski definition) is 1. The molecule has 0 saturated carbocycles. The number of aromatic nitrogens is 1. The number of allylic oxidation sites excluding steroid dienone is 1. The molecule has 170 valence electrons. The summed E-state index contributed by atoms with van der Waals surface area (Å²) in [6.07, 6.45) is 4.95.